The topological polar surface area (TPSA) is 63.3 Å². The van der Waals surface area contributed by atoms with Crippen LogP contribution in [-0.4, -0.2) is 16.6 Å². The summed E-state index contributed by atoms with van der Waals surface area (Å²) < 4.78 is 0. The Hall–Kier alpha value is -0.540. The Balaban J connectivity index is 0. The molecule has 0 amide bonds. The van der Waals surface area contributed by atoms with Gasteiger partial charge in [-0.05, 0) is 6.92 Å². The van der Waals surface area contributed by atoms with Crippen molar-refractivity contribution in [1.29, 1.82) is 0 Å². The van der Waals surface area contributed by atoms with Crippen molar-refractivity contribution in [2.24, 2.45) is 5.73 Å². The molecule has 0 heterocycles. The molecule has 0 fully saturated rings. The average Bonchev–Trinajstić information content (AvgIpc) is 1.67. The summed E-state index contributed by atoms with van der Waals surface area (Å²) in [6.45, 7) is 4.63. The predicted molar refractivity (Wildman–Crippen MR) is 37.7 cm³/mol. The number of carboxylic acids is 1. The molecule has 0 rings (SSSR count). The van der Waals surface area contributed by atoms with Crippen LogP contribution in [0.25, 0.3) is 0 Å². The van der Waals surface area contributed by atoms with Crippen molar-refractivity contribution in [2.45, 2.75) is 12.5 Å². The molecule has 0 spiro atoms. The van der Waals surface area contributed by atoms with Crippen LogP contribution in [0.15, 0.2) is 12.7 Å². The minimum atomic E-state index is -1.28. The second-order valence-corrected chi connectivity index (χ2v) is 1.79. The van der Waals surface area contributed by atoms with Gasteiger partial charge in [-0.25, -0.2) is 4.79 Å². The number of carbonyl (C=O) groups is 1. The maximum Gasteiger partial charge on any atom is 0.327 e. The van der Waals surface area contributed by atoms with E-state index in [-0.39, 0.29) is 12.4 Å². The smallest absolute Gasteiger partial charge is 0.327 e. The van der Waals surface area contributed by atoms with Crippen molar-refractivity contribution in [1.82, 2.24) is 0 Å². The molecular formula is C5H10ClNO2. The Bertz CT molecular complexity index is 122. The summed E-state index contributed by atoms with van der Waals surface area (Å²) in [5.41, 5.74) is 3.86. The predicted octanol–water partition coefficient (Wildman–Crippen LogP) is 0.396. The number of carboxylic acid groups (broad SMARTS) is 1. The summed E-state index contributed by atoms with van der Waals surface area (Å²) in [5.74, 6) is -1.06. The van der Waals surface area contributed by atoms with Gasteiger partial charge in [0.15, 0.2) is 0 Å². The molecule has 0 radical (unpaired) electrons. The highest BCUT2D eigenvalue weighted by Gasteiger charge is 2.22. The normalized spacial score (nSPS) is 14.9. The van der Waals surface area contributed by atoms with Crippen LogP contribution < -0.4 is 5.73 Å². The molecule has 0 bridgehead atoms. The lowest BCUT2D eigenvalue weighted by Gasteiger charge is -2.11. The standard InChI is InChI=1S/C5H9NO2.ClH/c1-3-5(2,6)4(7)8;/h3H,1,6H2,2H3,(H,7,8);1H/t5-;/m1./s1. The van der Waals surface area contributed by atoms with E-state index in [0.717, 1.165) is 0 Å². The van der Waals surface area contributed by atoms with Crippen LogP contribution >= 0.6 is 12.4 Å². The van der Waals surface area contributed by atoms with Crippen molar-refractivity contribution in [2.75, 3.05) is 0 Å². The summed E-state index contributed by atoms with van der Waals surface area (Å²) in [6, 6.07) is 0. The zero-order chi connectivity index (χ0) is 6.78. The van der Waals surface area contributed by atoms with Crippen LogP contribution in [0, 0.1) is 0 Å². The SMILES string of the molecule is C=C[C@@](C)(N)C(=O)O.Cl. The monoisotopic (exact) mass is 151 g/mol. The van der Waals surface area contributed by atoms with E-state index in [9.17, 15) is 4.79 Å². The van der Waals surface area contributed by atoms with Gasteiger partial charge in [0.1, 0.15) is 5.54 Å². The lowest BCUT2D eigenvalue weighted by atomic mass is 10.1. The van der Waals surface area contributed by atoms with Gasteiger partial charge >= 0.3 is 5.97 Å². The highest BCUT2D eigenvalue weighted by Crippen LogP contribution is 1.97. The van der Waals surface area contributed by atoms with Crippen LogP contribution in [0.3, 0.4) is 0 Å². The maximum absolute atomic E-state index is 10.1. The summed E-state index contributed by atoms with van der Waals surface area (Å²) in [6.07, 6.45) is 1.19. The van der Waals surface area contributed by atoms with E-state index in [1.165, 1.54) is 13.0 Å². The quantitative estimate of drug-likeness (QED) is 0.562. The van der Waals surface area contributed by atoms with Gasteiger partial charge in [-0.2, -0.15) is 0 Å². The fraction of sp³-hybridized carbons (Fsp3) is 0.400. The van der Waals surface area contributed by atoms with Crippen LogP contribution in [-0.2, 0) is 4.79 Å². The van der Waals surface area contributed by atoms with Crippen molar-refractivity contribution in [3.05, 3.63) is 12.7 Å². The first-order valence-electron chi connectivity index (χ1n) is 2.16. The fourth-order valence-corrected chi connectivity index (χ4v) is 0.0873. The molecule has 0 aromatic rings. The van der Waals surface area contributed by atoms with Gasteiger partial charge < -0.3 is 10.8 Å². The molecule has 0 aromatic heterocycles. The molecule has 0 aromatic carbocycles. The minimum Gasteiger partial charge on any atom is -0.480 e. The number of hydrogen-bond acceptors (Lipinski definition) is 2. The van der Waals surface area contributed by atoms with Crippen molar-refractivity contribution < 1.29 is 9.90 Å². The zero-order valence-corrected chi connectivity index (χ0v) is 5.94. The molecule has 3 N–H and O–H groups in total. The third-order valence-electron chi connectivity index (χ3n) is 0.885. The molecule has 0 saturated heterocycles. The maximum atomic E-state index is 10.1. The number of rotatable bonds is 2. The molecule has 4 heteroatoms. The van der Waals surface area contributed by atoms with Gasteiger partial charge in [0.05, 0.1) is 0 Å². The first kappa shape index (κ1) is 11.3. The van der Waals surface area contributed by atoms with E-state index in [1.807, 2.05) is 0 Å². The first-order valence-corrected chi connectivity index (χ1v) is 2.16. The Morgan fingerprint density at radius 1 is 1.89 bits per heavy atom. The van der Waals surface area contributed by atoms with Crippen molar-refractivity contribution in [3.63, 3.8) is 0 Å². The average molecular weight is 152 g/mol. The largest absolute Gasteiger partial charge is 0.480 e. The van der Waals surface area contributed by atoms with E-state index in [4.69, 9.17) is 10.8 Å². The minimum absolute atomic E-state index is 0. The van der Waals surface area contributed by atoms with E-state index >= 15 is 0 Å². The molecule has 0 aliphatic rings. The molecule has 9 heavy (non-hydrogen) atoms. The highest BCUT2D eigenvalue weighted by atomic mass is 35.5. The summed E-state index contributed by atoms with van der Waals surface area (Å²) in [7, 11) is 0. The Morgan fingerprint density at radius 2 is 2.22 bits per heavy atom. The van der Waals surface area contributed by atoms with Crippen molar-refractivity contribution >= 4 is 18.4 Å². The van der Waals surface area contributed by atoms with Crippen LogP contribution in [0.4, 0.5) is 0 Å². The van der Waals surface area contributed by atoms with E-state index in [1.54, 1.807) is 0 Å². The van der Waals surface area contributed by atoms with Crippen LogP contribution in [0.1, 0.15) is 6.92 Å². The molecule has 3 nitrogen and oxygen atoms in total. The number of nitrogens with two attached hydrogens (primary N) is 1. The van der Waals surface area contributed by atoms with Gasteiger partial charge in [0.25, 0.3) is 0 Å². The molecule has 0 saturated carbocycles. The first-order chi connectivity index (χ1) is 3.50. The number of aliphatic carboxylic acids is 1. The lowest BCUT2D eigenvalue weighted by Crippen LogP contribution is -2.42. The molecule has 54 valence electrons. The fourth-order valence-electron chi connectivity index (χ4n) is 0.0873. The molecular weight excluding hydrogens is 142 g/mol. The Morgan fingerprint density at radius 3 is 2.22 bits per heavy atom. The van der Waals surface area contributed by atoms with Gasteiger partial charge in [0.2, 0.25) is 0 Å². The molecule has 0 aliphatic heterocycles. The Kier molecular flexibility index (Phi) is 4.36. The molecule has 0 unspecified atom stereocenters. The van der Waals surface area contributed by atoms with Crippen molar-refractivity contribution in [3.8, 4) is 0 Å². The molecule has 0 aliphatic carbocycles. The number of halogens is 1. The third-order valence-corrected chi connectivity index (χ3v) is 0.885. The van der Waals surface area contributed by atoms with Gasteiger partial charge in [0, 0.05) is 0 Å². The highest BCUT2D eigenvalue weighted by molar-refractivity contribution is 5.85. The van der Waals surface area contributed by atoms with Gasteiger partial charge in [-0.1, -0.05) is 6.08 Å². The third kappa shape index (κ3) is 3.11. The zero-order valence-electron chi connectivity index (χ0n) is 5.13. The van der Waals surface area contributed by atoms with E-state index in [2.05, 4.69) is 6.58 Å². The number of hydrogen-bond donors (Lipinski definition) is 2. The lowest BCUT2D eigenvalue weighted by molar-refractivity contribution is -0.140. The van der Waals surface area contributed by atoms with E-state index in [0.29, 0.717) is 0 Å². The van der Waals surface area contributed by atoms with Gasteiger partial charge in [-0.15, -0.1) is 19.0 Å². The molecule has 1 atom stereocenters. The van der Waals surface area contributed by atoms with Crippen LogP contribution in [0.2, 0.25) is 0 Å². The van der Waals surface area contributed by atoms with Crippen LogP contribution in [0.5, 0.6) is 0 Å². The van der Waals surface area contributed by atoms with E-state index < -0.39 is 11.5 Å². The summed E-state index contributed by atoms with van der Waals surface area (Å²) in [5, 5.41) is 8.24. The second kappa shape index (κ2) is 3.48. The second-order valence-electron chi connectivity index (χ2n) is 1.79. The summed E-state index contributed by atoms with van der Waals surface area (Å²) >= 11 is 0. The van der Waals surface area contributed by atoms with Gasteiger partial charge in [-0.3, -0.25) is 0 Å². The Labute approximate surface area is 60.0 Å². The summed E-state index contributed by atoms with van der Waals surface area (Å²) in [4.78, 5) is 10.1.